The van der Waals surface area contributed by atoms with Gasteiger partial charge in [0.1, 0.15) is 17.3 Å². The first-order valence-electron chi connectivity index (χ1n) is 14.1. The van der Waals surface area contributed by atoms with E-state index < -0.39 is 25.8 Å². The minimum Gasteiger partial charge on any atom is -0.382 e. The predicted molar refractivity (Wildman–Crippen MR) is 131 cm³/mol. The molecule has 4 aromatic rings. The summed E-state index contributed by atoms with van der Waals surface area (Å²) in [5.41, 5.74) is 0.932. The van der Waals surface area contributed by atoms with Crippen molar-refractivity contribution in [2.75, 3.05) is 19.0 Å². The molecule has 0 fully saturated rings. The molecule has 4 heterocycles. The third kappa shape index (κ3) is 4.44. The summed E-state index contributed by atoms with van der Waals surface area (Å²) in [6.07, 6.45) is 3.93. The molecular formula is C25H27FN8O2. The molecule has 1 atom stereocenters. The number of carbonyl (C=O) groups excluding carboxylic acids is 1. The van der Waals surface area contributed by atoms with E-state index in [1.807, 2.05) is 0 Å². The third-order valence-electron chi connectivity index (χ3n) is 5.94. The number of fused-ring (bicyclic) bond motifs is 1. The van der Waals surface area contributed by atoms with E-state index in [1.54, 1.807) is 28.5 Å². The summed E-state index contributed by atoms with van der Waals surface area (Å²) in [6.45, 7) is -2.94. The van der Waals surface area contributed by atoms with Crippen LogP contribution >= 0.6 is 0 Å². The van der Waals surface area contributed by atoms with Crippen molar-refractivity contribution < 1.29 is 22.1 Å². The van der Waals surface area contributed by atoms with Gasteiger partial charge in [-0.3, -0.25) is 9.48 Å². The van der Waals surface area contributed by atoms with Gasteiger partial charge in [-0.05, 0) is 36.5 Å². The van der Waals surface area contributed by atoms with Crippen molar-refractivity contribution in [3.63, 3.8) is 0 Å². The van der Waals surface area contributed by atoms with Gasteiger partial charge >= 0.3 is 0 Å². The quantitative estimate of drug-likeness (QED) is 0.419. The Morgan fingerprint density at radius 2 is 2.17 bits per heavy atom. The molecule has 11 heteroatoms. The van der Waals surface area contributed by atoms with Crippen molar-refractivity contribution in [1.82, 2.24) is 34.2 Å². The maximum absolute atomic E-state index is 14.2. The number of aromatic nitrogens is 6. The fourth-order valence-corrected chi connectivity index (χ4v) is 4.08. The topological polar surface area (TPSA) is 103 Å². The second kappa shape index (κ2) is 9.50. The van der Waals surface area contributed by atoms with Gasteiger partial charge in [-0.1, -0.05) is 12.1 Å². The minimum atomic E-state index is -2.62. The van der Waals surface area contributed by atoms with Crippen molar-refractivity contribution >= 4 is 17.7 Å². The highest BCUT2D eigenvalue weighted by Crippen LogP contribution is 2.27. The SMILES string of the molecule is [2H]C([2H])([2H])c1cnc(Nc2ccnn2C([2H])([2H])[2H])nc1-c1cn2c(n1)C(=O)N(Cc1ccc(C)c(F)c1)[C@H](COC)C2. The van der Waals surface area contributed by atoms with Crippen LogP contribution in [-0.2, 0) is 24.8 Å². The normalized spacial score (nSPS) is 18.5. The number of carbonyl (C=O) groups is 1. The maximum atomic E-state index is 14.2. The minimum absolute atomic E-state index is 0.0510. The summed E-state index contributed by atoms with van der Waals surface area (Å²) in [6, 6.07) is 5.77. The van der Waals surface area contributed by atoms with E-state index in [9.17, 15) is 9.18 Å². The summed E-state index contributed by atoms with van der Waals surface area (Å²) >= 11 is 0. The Kier molecular flexibility index (Phi) is 4.57. The number of halogens is 1. The molecule has 1 aliphatic rings. The van der Waals surface area contributed by atoms with Gasteiger partial charge in [-0.25, -0.2) is 19.3 Å². The Morgan fingerprint density at radius 1 is 1.28 bits per heavy atom. The van der Waals surface area contributed by atoms with Crippen LogP contribution in [0.1, 0.15) is 35.5 Å². The Labute approximate surface area is 216 Å². The molecule has 0 saturated carbocycles. The first-order valence-corrected chi connectivity index (χ1v) is 11.1. The van der Waals surface area contributed by atoms with E-state index >= 15 is 0 Å². The van der Waals surface area contributed by atoms with E-state index in [-0.39, 0.29) is 60.1 Å². The van der Waals surface area contributed by atoms with Gasteiger partial charge in [-0.15, -0.1) is 0 Å². The number of benzene rings is 1. The van der Waals surface area contributed by atoms with Gasteiger partial charge in [0.2, 0.25) is 5.95 Å². The van der Waals surface area contributed by atoms with Crippen LogP contribution in [0.4, 0.5) is 16.2 Å². The second-order valence-corrected chi connectivity index (χ2v) is 8.44. The molecule has 0 saturated heterocycles. The molecule has 1 N–H and O–H groups in total. The molecule has 0 bridgehead atoms. The predicted octanol–water partition coefficient (Wildman–Crippen LogP) is 3.24. The molecule has 0 radical (unpaired) electrons. The number of methoxy groups -OCH3 is 1. The van der Waals surface area contributed by atoms with Gasteiger partial charge in [0, 0.05) is 53.9 Å². The average molecular weight is 497 g/mol. The van der Waals surface area contributed by atoms with Gasteiger partial charge in [0.15, 0.2) is 5.82 Å². The van der Waals surface area contributed by atoms with E-state index in [1.165, 1.54) is 31.6 Å². The zero-order chi connectivity index (χ0) is 30.4. The molecule has 0 spiro atoms. The van der Waals surface area contributed by atoms with Crippen molar-refractivity contribution in [3.8, 4) is 11.4 Å². The lowest BCUT2D eigenvalue weighted by atomic mass is 10.1. The number of ether oxygens (including phenoxy) is 1. The summed E-state index contributed by atoms with van der Waals surface area (Å²) < 4.78 is 68.9. The fraction of sp³-hybridized carbons (Fsp3) is 0.320. The third-order valence-corrected chi connectivity index (χ3v) is 5.94. The van der Waals surface area contributed by atoms with Crippen LogP contribution in [-0.4, -0.2) is 59.9 Å². The highest BCUT2D eigenvalue weighted by atomic mass is 19.1. The number of anilines is 2. The summed E-state index contributed by atoms with van der Waals surface area (Å²) in [5, 5.41) is 6.56. The number of nitrogens with zero attached hydrogens (tertiary/aromatic N) is 7. The summed E-state index contributed by atoms with van der Waals surface area (Å²) in [7, 11) is 1.51. The van der Waals surface area contributed by atoms with Gasteiger partial charge in [-0.2, -0.15) is 5.10 Å². The fourth-order valence-electron chi connectivity index (χ4n) is 4.08. The Bertz CT molecular complexity index is 1630. The van der Waals surface area contributed by atoms with E-state index in [4.69, 9.17) is 13.0 Å². The van der Waals surface area contributed by atoms with Gasteiger partial charge in [0.05, 0.1) is 24.5 Å². The standard InChI is InChI=1S/C25H27FN8O2/c1-15-5-6-17(9-19(15)26)11-34-18(14-36-4)12-33-13-20(29-23(33)24(34)35)22-16(2)10-27-25(31-22)30-21-7-8-28-32(21)3/h5-10,13,18H,11-12,14H2,1-4H3,(H,27,30,31)/t18-/m0/s1/i2D3,3D3. The van der Waals surface area contributed by atoms with Crippen LogP contribution in [0, 0.1) is 19.6 Å². The zero-order valence-corrected chi connectivity index (χ0v) is 19.6. The van der Waals surface area contributed by atoms with E-state index in [0.717, 1.165) is 10.9 Å². The van der Waals surface area contributed by atoms with Crippen LogP contribution < -0.4 is 5.32 Å². The largest absolute Gasteiger partial charge is 0.382 e. The summed E-state index contributed by atoms with van der Waals surface area (Å²) in [5.74, 6) is -0.805. The Morgan fingerprint density at radius 3 is 2.94 bits per heavy atom. The number of aryl methyl sites for hydroxylation is 3. The molecule has 1 amide bonds. The number of nitrogens with one attached hydrogen (secondary N) is 1. The van der Waals surface area contributed by atoms with Crippen molar-refractivity contribution in [1.29, 1.82) is 0 Å². The highest BCUT2D eigenvalue weighted by molar-refractivity contribution is 5.92. The van der Waals surface area contributed by atoms with Gasteiger partial charge < -0.3 is 19.5 Å². The van der Waals surface area contributed by atoms with E-state index in [2.05, 4.69) is 25.4 Å². The smallest absolute Gasteiger partial charge is 0.290 e. The van der Waals surface area contributed by atoms with Crippen molar-refractivity contribution in [3.05, 3.63) is 71.2 Å². The highest BCUT2D eigenvalue weighted by Gasteiger charge is 2.35. The molecule has 3 aromatic heterocycles. The number of imidazole rings is 1. The van der Waals surface area contributed by atoms with E-state index in [0.29, 0.717) is 11.1 Å². The summed E-state index contributed by atoms with van der Waals surface area (Å²) in [4.78, 5) is 28.1. The lowest BCUT2D eigenvalue weighted by Gasteiger charge is -2.35. The molecule has 1 aromatic carbocycles. The molecule has 1 aliphatic heterocycles. The van der Waals surface area contributed by atoms with Crippen LogP contribution in [0.2, 0.25) is 0 Å². The average Bonchev–Trinajstić information content (AvgIpc) is 3.55. The lowest BCUT2D eigenvalue weighted by molar-refractivity contribution is 0.0380. The van der Waals surface area contributed by atoms with Crippen molar-refractivity contribution in [2.45, 2.75) is 32.9 Å². The number of hydrogen-bond acceptors (Lipinski definition) is 7. The number of amides is 1. The zero-order valence-electron chi connectivity index (χ0n) is 25.6. The van der Waals surface area contributed by atoms with Gasteiger partial charge in [0.25, 0.3) is 5.91 Å². The molecule has 10 nitrogen and oxygen atoms in total. The molecule has 0 aliphatic carbocycles. The second-order valence-electron chi connectivity index (χ2n) is 8.44. The first-order chi connectivity index (χ1) is 19.8. The molecular weight excluding hydrogens is 463 g/mol. The molecule has 36 heavy (non-hydrogen) atoms. The number of rotatable bonds is 7. The monoisotopic (exact) mass is 496 g/mol. The Hall–Kier alpha value is -4.12. The van der Waals surface area contributed by atoms with Crippen LogP contribution in [0.5, 0.6) is 0 Å². The Balaban J connectivity index is 1.52. The first kappa shape index (κ1) is 17.3. The molecule has 186 valence electrons. The maximum Gasteiger partial charge on any atom is 0.290 e. The molecule has 0 unspecified atom stereocenters. The van der Waals surface area contributed by atoms with Crippen LogP contribution in [0.25, 0.3) is 11.4 Å². The lowest BCUT2D eigenvalue weighted by Crippen LogP contribution is -2.49. The van der Waals surface area contributed by atoms with Crippen LogP contribution in [0.3, 0.4) is 0 Å². The molecule has 5 rings (SSSR count). The van der Waals surface area contributed by atoms with Crippen LogP contribution in [0.15, 0.2) is 42.9 Å². The number of hydrogen-bond donors (Lipinski definition) is 1. The van der Waals surface area contributed by atoms with Crippen molar-refractivity contribution in [2.24, 2.45) is 6.98 Å².